The van der Waals surface area contributed by atoms with Gasteiger partial charge in [-0.1, -0.05) is 24.3 Å². The number of amides is 1. The van der Waals surface area contributed by atoms with Gasteiger partial charge in [-0.15, -0.1) is 0 Å². The van der Waals surface area contributed by atoms with Gasteiger partial charge in [0.1, 0.15) is 0 Å². The first kappa shape index (κ1) is 10.8. The number of nitrogens with zero attached hydrogens (tertiary/aromatic N) is 1. The minimum absolute atomic E-state index is 0.130. The topological polar surface area (TPSA) is 46.3 Å². The van der Waals surface area contributed by atoms with Crippen molar-refractivity contribution in [2.45, 2.75) is 37.8 Å². The molecule has 0 saturated carbocycles. The Morgan fingerprint density at radius 1 is 1.24 bits per heavy atom. The van der Waals surface area contributed by atoms with Crippen LogP contribution in [0.3, 0.4) is 0 Å². The van der Waals surface area contributed by atoms with E-state index in [4.69, 9.17) is 5.73 Å². The van der Waals surface area contributed by atoms with E-state index in [9.17, 15) is 4.79 Å². The van der Waals surface area contributed by atoms with Crippen LogP contribution in [0.5, 0.6) is 0 Å². The van der Waals surface area contributed by atoms with Gasteiger partial charge in [-0.25, -0.2) is 0 Å². The van der Waals surface area contributed by atoms with Crippen molar-refractivity contribution < 1.29 is 4.79 Å². The van der Waals surface area contributed by atoms with E-state index in [-0.39, 0.29) is 18.0 Å². The van der Waals surface area contributed by atoms with E-state index in [1.807, 2.05) is 11.0 Å². The first-order chi connectivity index (χ1) is 8.27. The summed E-state index contributed by atoms with van der Waals surface area (Å²) in [6.45, 7) is 0.867. The molecule has 3 heteroatoms. The van der Waals surface area contributed by atoms with Crippen LogP contribution in [-0.2, 0) is 11.2 Å². The molecule has 2 aliphatic heterocycles. The number of hydrogen-bond acceptors (Lipinski definition) is 2. The second-order valence-electron chi connectivity index (χ2n) is 5.05. The van der Waals surface area contributed by atoms with Gasteiger partial charge in [-0.3, -0.25) is 4.79 Å². The molecular formula is C14H18N2O. The predicted molar refractivity (Wildman–Crippen MR) is 66.4 cm³/mol. The zero-order chi connectivity index (χ0) is 11.8. The van der Waals surface area contributed by atoms with Crippen molar-refractivity contribution in [1.82, 2.24) is 4.90 Å². The van der Waals surface area contributed by atoms with E-state index in [2.05, 4.69) is 18.2 Å². The maximum atomic E-state index is 12.2. The van der Waals surface area contributed by atoms with Crippen molar-refractivity contribution in [3.8, 4) is 0 Å². The highest BCUT2D eigenvalue weighted by atomic mass is 16.2. The van der Waals surface area contributed by atoms with Gasteiger partial charge in [0.15, 0.2) is 0 Å². The van der Waals surface area contributed by atoms with Gasteiger partial charge in [0.2, 0.25) is 5.91 Å². The largest absolute Gasteiger partial charge is 0.334 e. The van der Waals surface area contributed by atoms with Crippen LogP contribution in [0.4, 0.5) is 0 Å². The third kappa shape index (κ3) is 1.75. The molecule has 1 aromatic carbocycles. The third-order valence-electron chi connectivity index (χ3n) is 3.96. The third-order valence-corrected chi connectivity index (χ3v) is 3.96. The van der Waals surface area contributed by atoms with Crippen molar-refractivity contribution in [2.24, 2.45) is 5.73 Å². The van der Waals surface area contributed by atoms with Crippen LogP contribution < -0.4 is 5.73 Å². The Labute approximate surface area is 102 Å². The maximum absolute atomic E-state index is 12.2. The minimum Gasteiger partial charge on any atom is -0.334 e. The molecule has 2 N–H and O–H groups in total. The van der Waals surface area contributed by atoms with Gasteiger partial charge >= 0.3 is 0 Å². The molecule has 2 atom stereocenters. The molecule has 1 saturated heterocycles. The molecule has 1 aromatic rings. The number of carbonyl (C=O) groups excluding carboxylic acids is 1. The maximum Gasteiger partial charge on any atom is 0.240 e. The molecular weight excluding hydrogens is 212 g/mol. The monoisotopic (exact) mass is 230 g/mol. The van der Waals surface area contributed by atoms with E-state index in [0.717, 1.165) is 19.4 Å². The number of nitrogens with two attached hydrogens (primary N) is 1. The van der Waals surface area contributed by atoms with E-state index < -0.39 is 0 Å². The van der Waals surface area contributed by atoms with Gasteiger partial charge in [-0.05, 0) is 36.8 Å². The average molecular weight is 230 g/mol. The fraction of sp³-hybridized carbons (Fsp3) is 0.500. The lowest BCUT2D eigenvalue weighted by molar-refractivity contribution is -0.136. The lowest BCUT2D eigenvalue weighted by Crippen LogP contribution is -2.46. The molecule has 0 spiro atoms. The molecule has 2 aliphatic rings. The molecule has 0 bridgehead atoms. The van der Waals surface area contributed by atoms with E-state index >= 15 is 0 Å². The van der Waals surface area contributed by atoms with Crippen LogP contribution >= 0.6 is 0 Å². The van der Waals surface area contributed by atoms with Crippen LogP contribution in [-0.4, -0.2) is 23.4 Å². The molecule has 90 valence electrons. The van der Waals surface area contributed by atoms with Crippen molar-refractivity contribution in [3.05, 3.63) is 35.4 Å². The van der Waals surface area contributed by atoms with Crippen LogP contribution in [0.25, 0.3) is 0 Å². The SMILES string of the molecule is NC1Cc2ccccc2[C@@H]2CCCCN2C1=O. The first-order valence-electron chi connectivity index (χ1n) is 6.41. The summed E-state index contributed by atoms with van der Waals surface area (Å²) in [5.41, 5.74) is 8.57. The smallest absolute Gasteiger partial charge is 0.240 e. The van der Waals surface area contributed by atoms with Gasteiger partial charge in [-0.2, -0.15) is 0 Å². The molecule has 17 heavy (non-hydrogen) atoms. The van der Waals surface area contributed by atoms with Crippen LogP contribution in [0.1, 0.15) is 36.4 Å². The zero-order valence-electron chi connectivity index (χ0n) is 9.93. The molecule has 0 aliphatic carbocycles. The average Bonchev–Trinajstić information content (AvgIpc) is 2.48. The molecule has 1 fully saturated rings. The Bertz CT molecular complexity index is 444. The number of carbonyl (C=O) groups is 1. The Morgan fingerprint density at radius 3 is 2.94 bits per heavy atom. The fourth-order valence-electron chi connectivity index (χ4n) is 3.10. The Kier molecular flexibility index (Phi) is 2.63. The van der Waals surface area contributed by atoms with Crippen molar-refractivity contribution in [1.29, 1.82) is 0 Å². The Morgan fingerprint density at radius 2 is 2.06 bits per heavy atom. The number of benzene rings is 1. The molecule has 0 aromatic heterocycles. The summed E-state index contributed by atoms with van der Waals surface area (Å²) in [4.78, 5) is 14.2. The Balaban J connectivity index is 2.07. The number of piperidine rings is 1. The van der Waals surface area contributed by atoms with E-state index in [1.54, 1.807) is 0 Å². The van der Waals surface area contributed by atoms with Crippen LogP contribution in [0, 0.1) is 0 Å². The summed E-state index contributed by atoms with van der Waals surface area (Å²) in [5.74, 6) is 0.130. The van der Waals surface area contributed by atoms with Crippen LogP contribution in [0.2, 0.25) is 0 Å². The number of fused-ring (bicyclic) bond motifs is 3. The van der Waals surface area contributed by atoms with Gasteiger partial charge in [0.25, 0.3) is 0 Å². The summed E-state index contributed by atoms with van der Waals surface area (Å²) >= 11 is 0. The zero-order valence-corrected chi connectivity index (χ0v) is 9.93. The molecule has 3 nitrogen and oxygen atoms in total. The fourth-order valence-corrected chi connectivity index (χ4v) is 3.10. The molecule has 2 heterocycles. The molecule has 1 unspecified atom stereocenters. The minimum atomic E-state index is -0.362. The lowest BCUT2D eigenvalue weighted by atomic mass is 9.92. The van der Waals surface area contributed by atoms with Crippen molar-refractivity contribution in [3.63, 3.8) is 0 Å². The quantitative estimate of drug-likeness (QED) is 0.736. The molecule has 1 amide bonds. The standard InChI is InChI=1S/C14H18N2O/c15-12-9-10-5-1-2-6-11(10)13-7-3-4-8-16(13)14(12)17/h1-2,5-6,12-13H,3-4,7-9,15H2/t12?,13-/m0/s1. The summed E-state index contributed by atoms with van der Waals surface area (Å²) in [6.07, 6.45) is 4.08. The van der Waals surface area contributed by atoms with Crippen molar-refractivity contribution in [2.75, 3.05) is 6.54 Å². The number of hydrogen-bond donors (Lipinski definition) is 1. The van der Waals surface area contributed by atoms with E-state index in [1.165, 1.54) is 17.5 Å². The van der Waals surface area contributed by atoms with E-state index in [0.29, 0.717) is 6.42 Å². The van der Waals surface area contributed by atoms with Gasteiger partial charge in [0, 0.05) is 6.54 Å². The highest BCUT2D eigenvalue weighted by Crippen LogP contribution is 2.35. The highest BCUT2D eigenvalue weighted by Gasteiger charge is 2.35. The second-order valence-corrected chi connectivity index (χ2v) is 5.05. The lowest BCUT2D eigenvalue weighted by Gasteiger charge is -2.35. The summed E-state index contributed by atoms with van der Waals surface area (Å²) < 4.78 is 0. The van der Waals surface area contributed by atoms with Crippen LogP contribution in [0.15, 0.2) is 24.3 Å². The summed E-state index contributed by atoms with van der Waals surface area (Å²) in [5, 5.41) is 0. The highest BCUT2D eigenvalue weighted by molar-refractivity contribution is 5.83. The van der Waals surface area contributed by atoms with Gasteiger partial charge < -0.3 is 10.6 Å². The number of rotatable bonds is 0. The molecule has 0 radical (unpaired) electrons. The Hall–Kier alpha value is -1.35. The predicted octanol–water partition coefficient (Wildman–Crippen LogP) is 1.62. The first-order valence-corrected chi connectivity index (χ1v) is 6.41. The normalized spacial score (nSPS) is 28.3. The molecule has 3 rings (SSSR count). The summed E-state index contributed by atoms with van der Waals surface area (Å²) in [6, 6.07) is 8.27. The second kappa shape index (κ2) is 4.15. The van der Waals surface area contributed by atoms with Crippen molar-refractivity contribution >= 4 is 5.91 Å². The summed E-state index contributed by atoms with van der Waals surface area (Å²) in [7, 11) is 0. The van der Waals surface area contributed by atoms with Gasteiger partial charge in [0.05, 0.1) is 12.1 Å².